The molecule has 1 aromatic carbocycles. The van der Waals surface area contributed by atoms with E-state index in [-0.39, 0.29) is 0 Å². The van der Waals surface area contributed by atoms with E-state index in [2.05, 4.69) is 59.0 Å². The molecule has 0 spiro atoms. The number of thioether (sulfide) groups is 1. The summed E-state index contributed by atoms with van der Waals surface area (Å²) in [5.74, 6) is 2.87. The van der Waals surface area contributed by atoms with Gasteiger partial charge in [0.2, 0.25) is 0 Å². The zero-order valence-electron chi connectivity index (χ0n) is 13.3. The van der Waals surface area contributed by atoms with Crippen LogP contribution in [0.5, 0.6) is 0 Å². The number of benzene rings is 1. The maximum atomic E-state index is 4.46. The summed E-state index contributed by atoms with van der Waals surface area (Å²) in [6.45, 7) is 6.69. The molecule has 0 radical (unpaired) electrons. The number of piperidine rings is 1. The molecule has 0 saturated carbocycles. The summed E-state index contributed by atoms with van der Waals surface area (Å²) >= 11 is 1.78. The molecule has 2 heterocycles. The summed E-state index contributed by atoms with van der Waals surface area (Å²) in [7, 11) is 0. The molecule has 0 unspecified atom stereocenters. The van der Waals surface area contributed by atoms with Crippen molar-refractivity contribution in [2.24, 2.45) is 5.92 Å². The van der Waals surface area contributed by atoms with E-state index in [1.165, 1.54) is 24.0 Å². The summed E-state index contributed by atoms with van der Waals surface area (Å²) in [6, 6.07) is 10.8. The van der Waals surface area contributed by atoms with Gasteiger partial charge in [-0.15, -0.1) is 11.8 Å². The van der Waals surface area contributed by atoms with Crippen molar-refractivity contribution >= 4 is 17.6 Å². The predicted molar refractivity (Wildman–Crippen MR) is 93.4 cm³/mol. The van der Waals surface area contributed by atoms with Crippen molar-refractivity contribution in [1.82, 2.24) is 9.97 Å². The van der Waals surface area contributed by atoms with E-state index >= 15 is 0 Å². The monoisotopic (exact) mass is 313 g/mol. The standard InChI is InChI=1S/C18H23N3S/c1-14-6-8-21(9-7-14)17-11-18(20-13-19-17)22-12-16-5-3-4-15(2)10-16/h3-5,10-11,13-14H,6-9,12H2,1-2H3. The number of rotatable bonds is 4. The van der Waals surface area contributed by atoms with Gasteiger partial charge in [0.1, 0.15) is 17.2 Å². The van der Waals surface area contributed by atoms with Crippen molar-refractivity contribution in [1.29, 1.82) is 0 Å². The second-order valence-corrected chi connectivity index (χ2v) is 7.16. The highest BCUT2D eigenvalue weighted by Gasteiger charge is 2.17. The minimum atomic E-state index is 0.841. The first kappa shape index (κ1) is 15.3. The second-order valence-electron chi connectivity index (χ2n) is 6.16. The van der Waals surface area contributed by atoms with E-state index in [9.17, 15) is 0 Å². The Bertz CT molecular complexity index is 621. The largest absolute Gasteiger partial charge is 0.356 e. The maximum Gasteiger partial charge on any atom is 0.133 e. The van der Waals surface area contributed by atoms with Crippen LogP contribution < -0.4 is 4.90 Å². The summed E-state index contributed by atoms with van der Waals surface area (Å²) < 4.78 is 0. The van der Waals surface area contributed by atoms with Crippen LogP contribution >= 0.6 is 11.8 Å². The van der Waals surface area contributed by atoms with Crippen LogP contribution in [0, 0.1) is 12.8 Å². The topological polar surface area (TPSA) is 29.0 Å². The molecule has 1 aromatic heterocycles. The maximum absolute atomic E-state index is 4.46. The third-order valence-electron chi connectivity index (χ3n) is 4.20. The summed E-state index contributed by atoms with van der Waals surface area (Å²) in [5, 5.41) is 1.06. The Hall–Kier alpha value is -1.55. The first-order chi connectivity index (χ1) is 10.7. The molecule has 3 rings (SSSR count). The normalized spacial score (nSPS) is 16.0. The number of hydrogen-bond donors (Lipinski definition) is 0. The molecule has 0 aliphatic carbocycles. The SMILES string of the molecule is Cc1cccc(CSc2cc(N3CCC(C)CC3)ncn2)c1. The van der Waals surface area contributed by atoms with Crippen molar-refractivity contribution in [3.05, 3.63) is 47.8 Å². The summed E-state index contributed by atoms with van der Waals surface area (Å²) in [4.78, 5) is 11.3. The number of aromatic nitrogens is 2. The molecular formula is C18H23N3S. The van der Waals surface area contributed by atoms with Gasteiger partial charge in [0.25, 0.3) is 0 Å². The Morgan fingerprint density at radius 3 is 2.77 bits per heavy atom. The van der Waals surface area contributed by atoms with Gasteiger partial charge in [-0.25, -0.2) is 9.97 Å². The molecule has 1 aliphatic rings. The molecule has 0 atom stereocenters. The highest BCUT2D eigenvalue weighted by atomic mass is 32.2. The molecule has 22 heavy (non-hydrogen) atoms. The lowest BCUT2D eigenvalue weighted by molar-refractivity contribution is 0.436. The van der Waals surface area contributed by atoms with E-state index in [0.717, 1.165) is 35.6 Å². The first-order valence-corrected chi connectivity index (χ1v) is 8.94. The van der Waals surface area contributed by atoms with Gasteiger partial charge in [-0.3, -0.25) is 0 Å². The van der Waals surface area contributed by atoms with Gasteiger partial charge < -0.3 is 4.90 Å². The summed E-state index contributed by atoms with van der Waals surface area (Å²) in [6.07, 6.45) is 4.22. The summed E-state index contributed by atoms with van der Waals surface area (Å²) in [5.41, 5.74) is 2.65. The van der Waals surface area contributed by atoms with E-state index in [1.54, 1.807) is 18.1 Å². The predicted octanol–water partition coefficient (Wildman–Crippen LogP) is 4.31. The molecule has 0 N–H and O–H groups in total. The van der Waals surface area contributed by atoms with Crippen molar-refractivity contribution in [3.63, 3.8) is 0 Å². The average molecular weight is 313 g/mol. The molecule has 1 aliphatic heterocycles. The van der Waals surface area contributed by atoms with Crippen molar-refractivity contribution in [3.8, 4) is 0 Å². The molecule has 1 saturated heterocycles. The van der Waals surface area contributed by atoms with Crippen molar-refractivity contribution in [2.45, 2.75) is 37.5 Å². The Labute approximate surface area is 137 Å². The zero-order valence-corrected chi connectivity index (χ0v) is 14.1. The van der Waals surface area contributed by atoms with Crippen LogP contribution in [0.15, 0.2) is 41.7 Å². The zero-order chi connectivity index (χ0) is 15.4. The first-order valence-electron chi connectivity index (χ1n) is 7.96. The molecule has 0 bridgehead atoms. The lowest BCUT2D eigenvalue weighted by Gasteiger charge is -2.31. The molecule has 116 valence electrons. The second kappa shape index (κ2) is 7.14. The van der Waals surface area contributed by atoms with Crippen LogP contribution in [-0.4, -0.2) is 23.1 Å². The van der Waals surface area contributed by atoms with Crippen LogP contribution in [0.2, 0.25) is 0 Å². The lowest BCUT2D eigenvalue weighted by Crippen LogP contribution is -2.33. The number of hydrogen-bond acceptors (Lipinski definition) is 4. The highest BCUT2D eigenvalue weighted by Crippen LogP contribution is 2.26. The Kier molecular flexibility index (Phi) is 4.98. The third kappa shape index (κ3) is 4.01. The molecule has 0 amide bonds. The van der Waals surface area contributed by atoms with E-state index in [4.69, 9.17) is 0 Å². The van der Waals surface area contributed by atoms with Crippen molar-refractivity contribution < 1.29 is 0 Å². The fourth-order valence-electron chi connectivity index (χ4n) is 2.78. The van der Waals surface area contributed by atoms with Crippen LogP contribution in [0.25, 0.3) is 0 Å². The smallest absolute Gasteiger partial charge is 0.133 e. The van der Waals surface area contributed by atoms with E-state index in [1.807, 2.05) is 0 Å². The number of aryl methyl sites for hydroxylation is 1. The number of anilines is 1. The van der Waals surface area contributed by atoms with Gasteiger partial charge in [-0.2, -0.15) is 0 Å². The van der Waals surface area contributed by atoms with Gasteiger partial charge >= 0.3 is 0 Å². The van der Waals surface area contributed by atoms with Gasteiger partial charge in [-0.05, 0) is 31.2 Å². The molecular weight excluding hydrogens is 290 g/mol. The van der Waals surface area contributed by atoms with E-state index in [0.29, 0.717) is 0 Å². The molecule has 4 heteroatoms. The van der Waals surface area contributed by atoms with Crippen LogP contribution in [-0.2, 0) is 5.75 Å². The van der Waals surface area contributed by atoms with Gasteiger partial charge in [0.15, 0.2) is 0 Å². The van der Waals surface area contributed by atoms with Crippen LogP contribution in [0.4, 0.5) is 5.82 Å². The highest BCUT2D eigenvalue weighted by molar-refractivity contribution is 7.98. The average Bonchev–Trinajstić information content (AvgIpc) is 2.54. The molecule has 1 fully saturated rings. The van der Waals surface area contributed by atoms with Gasteiger partial charge in [0.05, 0.1) is 0 Å². The number of nitrogens with zero attached hydrogens (tertiary/aromatic N) is 3. The Morgan fingerprint density at radius 1 is 1.18 bits per heavy atom. The lowest BCUT2D eigenvalue weighted by atomic mass is 9.99. The minimum absolute atomic E-state index is 0.841. The molecule has 2 aromatic rings. The van der Waals surface area contributed by atoms with Crippen molar-refractivity contribution in [2.75, 3.05) is 18.0 Å². The minimum Gasteiger partial charge on any atom is -0.356 e. The van der Waals surface area contributed by atoms with Crippen LogP contribution in [0.1, 0.15) is 30.9 Å². The fraction of sp³-hybridized carbons (Fsp3) is 0.444. The Morgan fingerprint density at radius 2 is 2.00 bits per heavy atom. The van der Waals surface area contributed by atoms with Gasteiger partial charge in [-0.1, -0.05) is 36.8 Å². The Balaban J connectivity index is 1.64. The third-order valence-corrected chi connectivity index (χ3v) is 5.20. The fourth-order valence-corrected chi connectivity index (χ4v) is 3.58. The molecule has 3 nitrogen and oxygen atoms in total. The van der Waals surface area contributed by atoms with Crippen LogP contribution in [0.3, 0.4) is 0 Å². The quantitative estimate of drug-likeness (QED) is 0.621. The van der Waals surface area contributed by atoms with Gasteiger partial charge in [0, 0.05) is 24.9 Å². The van der Waals surface area contributed by atoms with E-state index < -0.39 is 0 Å².